The molecule has 2 N–H and O–H groups in total. The van der Waals surface area contributed by atoms with Crippen LogP contribution in [0.15, 0.2) is 89.1 Å². The molecule has 0 bridgehead atoms. The molecule has 0 amide bonds. The molecule has 12 nitrogen and oxygen atoms in total. The minimum Gasteiger partial charge on any atom is -0.392 e. The summed E-state index contributed by atoms with van der Waals surface area (Å²) < 4.78 is 24.3. The summed E-state index contributed by atoms with van der Waals surface area (Å²) in [4.78, 5) is 40.9. The zero-order valence-electron chi connectivity index (χ0n) is 27.6. The first-order valence-corrected chi connectivity index (χ1v) is 16.2. The number of rotatable bonds is 7. The van der Waals surface area contributed by atoms with Crippen LogP contribution in [-0.4, -0.2) is 78.4 Å². The summed E-state index contributed by atoms with van der Waals surface area (Å²) in [6, 6.07) is 14.4. The molecule has 0 unspecified atom stereocenters. The van der Waals surface area contributed by atoms with E-state index in [1.165, 1.54) is 21.3 Å². The summed E-state index contributed by atoms with van der Waals surface area (Å²) >= 11 is 0. The number of aryl methyl sites for hydroxylation is 1. The van der Waals surface area contributed by atoms with Crippen LogP contribution in [0.25, 0.3) is 33.4 Å². The maximum atomic E-state index is 14.5. The Labute approximate surface area is 293 Å². The monoisotopic (exact) mass is 696 g/mol. The van der Waals surface area contributed by atoms with E-state index in [9.17, 15) is 19.1 Å². The lowest BCUT2D eigenvalue weighted by Crippen LogP contribution is -2.59. The maximum absolute atomic E-state index is 14.5. The van der Waals surface area contributed by atoms with E-state index in [0.29, 0.717) is 51.2 Å². The van der Waals surface area contributed by atoms with Crippen LogP contribution in [-0.2, 0) is 18.4 Å². The second kappa shape index (κ2) is 13.4. The lowest BCUT2D eigenvalue weighted by Gasteiger charge is -2.46. The molecule has 14 heteroatoms. The number of benzene rings is 1. The van der Waals surface area contributed by atoms with Crippen LogP contribution in [0.3, 0.4) is 0 Å². The predicted molar refractivity (Wildman–Crippen MR) is 196 cm³/mol. The Morgan fingerprint density at radius 3 is 2.58 bits per heavy atom. The number of fused-ring (bicyclic) bond motifs is 3. The Kier molecular flexibility index (Phi) is 8.95. The van der Waals surface area contributed by atoms with Crippen molar-refractivity contribution >= 4 is 47.1 Å². The molecule has 7 heterocycles. The smallest absolute Gasteiger partial charge is 0.280 e. The van der Waals surface area contributed by atoms with Crippen molar-refractivity contribution in [2.24, 2.45) is 7.05 Å². The van der Waals surface area contributed by atoms with Gasteiger partial charge < -0.3 is 29.0 Å². The van der Waals surface area contributed by atoms with Gasteiger partial charge in [-0.2, -0.15) is 13.5 Å². The number of anilines is 3. The molecule has 5 aromatic heterocycles. The summed E-state index contributed by atoms with van der Waals surface area (Å²) in [7, 11) is 1.65. The highest BCUT2D eigenvalue weighted by molar-refractivity contribution is 7.59. The zero-order valence-corrected chi connectivity index (χ0v) is 28.6. The number of piperazine rings is 1. The van der Waals surface area contributed by atoms with Crippen LogP contribution in [0.4, 0.5) is 21.6 Å². The van der Waals surface area contributed by atoms with Crippen molar-refractivity contribution in [2.45, 2.75) is 25.6 Å². The third-order valence-electron chi connectivity index (χ3n) is 9.68. The molecular formula is C36H37FN8O4S. The molecule has 2 fully saturated rings. The number of nitrogens with one attached hydrogen (secondary N) is 1. The van der Waals surface area contributed by atoms with Gasteiger partial charge in [-0.25, -0.2) is 14.4 Å². The summed E-state index contributed by atoms with van der Waals surface area (Å²) in [6.45, 7) is 6.25. The van der Waals surface area contributed by atoms with Gasteiger partial charge in [0.25, 0.3) is 11.1 Å². The van der Waals surface area contributed by atoms with Gasteiger partial charge in [0.15, 0.2) is 0 Å². The van der Waals surface area contributed by atoms with Crippen molar-refractivity contribution in [3.05, 3.63) is 112 Å². The molecule has 0 radical (unpaired) electrons. The van der Waals surface area contributed by atoms with Gasteiger partial charge in [0.05, 0.1) is 43.3 Å². The van der Waals surface area contributed by atoms with Crippen molar-refractivity contribution in [3.8, 4) is 16.9 Å². The van der Waals surface area contributed by atoms with Crippen molar-refractivity contribution in [3.63, 3.8) is 0 Å². The van der Waals surface area contributed by atoms with Gasteiger partial charge in [-0.05, 0) is 55.0 Å². The third-order valence-corrected chi connectivity index (χ3v) is 9.68. The second-order valence-corrected chi connectivity index (χ2v) is 12.7. The SMILES string of the molecule is C[C@H]1CN(C2COC2)CCN1c1ccc(Nc2cc(-c3ccnc(-n4ccn5c(cc6c(F)cccc65)c4=O)c3CO)cn(C)c2=O)nc1.S. The number of hydrogen-bond acceptors (Lipinski definition) is 9. The second-order valence-electron chi connectivity index (χ2n) is 12.7. The molecule has 2 aliphatic heterocycles. The number of ether oxygens (including phenoxy) is 1. The zero-order chi connectivity index (χ0) is 33.8. The van der Waals surface area contributed by atoms with E-state index in [1.54, 1.807) is 60.5 Å². The van der Waals surface area contributed by atoms with Crippen molar-refractivity contribution in [1.29, 1.82) is 0 Å². The Hall–Kier alpha value is -5.02. The number of hydrogen-bond donors (Lipinski definition) is 2. The normalized spacial score (nSPS) is 16.8. The van der Waals surface area contributed by atoms with Crippen molar-refractivity contribution < 1.29 is 14.2 Å². The highest BCUT2D eigenvalue weighted by atomic mass is 32.1. The van der Waals surface area contributed by atoms with E-state index < -0.39 is 18.0 Å². The van der Waals surface area contributed by atoms with E-state index in [1.807, 2.05) is 18.3 Å². The van der Waals surface area contributed by atoms with Crippen LogP contribution >= 0.6 is 13.5 Å². The van der Waals surface area contributed by atoms with Crippen LogP contribution in [0.5, 0.6) is 0 Å². The van der Waals surface area contributed by atoms with E-state index >= 15 is 0 Å². The summed E-state index contributed by atoms with van der Waals surface area (Å²) in [5.74, 6) is 0.330. The molecule has 1 atom stereocenters. The standard InChI is InChI=1S/C36H35FN8O4.H2S/c1-22-17-42(25-20-49-21-25)10-11-43(22)24-6-7-33(39-16-24)40-30-14-23(18-41(2)35(30)47)26-8-9-38-34(28(26)19-46)45-13-12-44-31-5-3-4-29(37)27(31)15-32(44)36(45)48;/h3-9,12-16,18,22,25,46H,10-11,17,19-21H2,1-2H3,(H,39,40);1H2/t22-;/m0./s1. The minimum absolute atomic E-state index is 0. The maximum Gasteiger partial charge on any atom is 0.280 e. The number of aromatic nitrogens is 5. The first-order chi connectivity index (χ1) is 23.8. The van der Waals surface area contributed by atoms with Gasteiger partial charge in [-0.1, -0.05) is 6.07 Å². The first-order valence-electron chi connectivity index (χ1n) is 16.2. The Morgan fingerprint density at radius 1 is 1.02 bits per heavy atom. The van der Waals surface area contributed by atoms with Crippen LogP contribution in [0.2, 0.25) is 0 Å². The quantitative estimate of drug-likeness (QED) is 0.257. The lowest BCUT2D eigenvalue weighted by molar-refractivity contribution is -0.0691. The van der Waals surface area contributed by atoms with E-state index in [4.69, 9.17) is 4.74 Å². The largest absolute Gasteiger partial charge is 0.392 e. The molecule has 50 heavy (non-hydrogen) atoms. The molecule has 0 aliphatic carbocycles. The highest BCUT2D eigenvalue weighted by Gasteiger charge is 2.32. The molecule has 8 rings (SSSR count). The topological polar surface area (TPSA) is 122 Å². The number of nitrogens with zero attached hydrogens (tertiary/aromatic N) is 7. The van der Waals surface area contributed by atoms with Gasteiger partial charge in [-0.3, -0.25) is 19.1 Å². The van der Waals surface area contributed by atoms with Gasteiger partial charge >= 0.3 is 0 Å². The number of halogens is 1. The molecule has 1 aromatic carbocycles. The lowest BCUT2D eigenvalue weighted by atomic mass is 10.0. The fraction of sp³-hybridized carbons (Fsp3) is 0.278. The van der Waals surface area contributed by atoms with Crippen LogP contribution < -0.4 is 21.3 Å². The fourth-order valence-electron chi connectivity index (χ4n) is 7.00. The van der Waals surface area contributed by atoms with E-state index in [0.717, 1.165) is 38.5 Å². The molecule has 258 valence electrons. The van der Waals surface area contributed by atoms with Crippen LogP contribution in [0, 0.1) is 5.82 Å². The summed E-state index contributed by atoms with van der Waals surface area (Å²) in [5, 5.41) is 14.1. The van der Waals surface area contributed by atoms with Gasteiger partial charge in [0.2, 0.25) is 0 Å². The molecule has 2 saturated heterocycles. The Bertz CT molecular complexity index is 2340. The molecule has 0 saturated carbocycles. The molecule has 6 aromatic rings. The predicted octanol–water partition coefficient (Wildman–Crippen LogP) is 3.80. The average molecular weight is 697 g/mol. The van der Waals surface area contributed by atoms with E-state index in [-0.39, 0.29) is 30.4 Å². The summed E-state index contributed by atoms with van der Waals surface area (Å²) in [6.07, 6.45) is 8.27. The summed E-state index contributed by atoms with van der Waals surface area (Å²) in [5.41, 5.74) is 3.10. The van der Waals surface area contributed by atoms with Crippen LogP contribution in [0.1, 0.15) is 12.5 Å². The van der Waals surface area contributed by atoms with Gasteiger partial charge in [-0.15, -0.1) is 0 Å². The van der Waals surface area contributed by atoms with Crippen molar-refractivity contribution in [1.82, 2.24) is 28.4 Å². The average Bonchev–Trinajstić information content (AvgIpc) is 3.47. The number of pyridine rings is 3. The number of aliphatic hydroxyl groups is 1. The fourth-order valence-corrected chi connectivity index (χ4v) is 7.00. The minimum atomic E-state index is -0.427. The van der Waals surface area contributed by atoms with E-state index in [2.05, 4.69) is 32.0 Å². The first kappa shape index (κ1) is 33.5. The molecule has 0 spiro atoms. The third kappa shape index (κ3) is 5.73. The molecule has 2 aliphatic rings. The Morgan fingerprint density at radius 2 is 1.86 bits per heavy atom. The highest BCUT2D eigenvalue weighted by Crippen LogP contribution is 2.30. The Balaban J connectivity index is 0.00000392. The molecular weight excluding hydrogens is 660 g/mol. The van der Waals surface area contributed by atoms with Gasteiger partial charge in [0, 0.05) is 74.0 Å². The number of aliphatic hydroxyl groups excluding tert-OH is 1. The van der Waals surface area contributed by atoms with Gasteiger partial charge in [0.1, 0.15) is 28.7 Å². The van der Waals surface area contributed by atoms with Crippen molar-refractivity contribution in [2.75, 3.05) is 43.1 Å².